The highest BCUT2D eigenvalue weighted by Crippen LogP contribution is 2.27. The summed E-state index contributed by atoms with van der Waals surface area (Å²) >= 11 is 0. The number of rotatable bonds is 2. The largest absolute Gasteiger partial charge is 0.504 e. The van der Waals surface area contributed by atoms with E-state index in [0.29, 0.717) is 0 Å². The maximum Gasteiger partial charge on any atom is 0.294 e. The van der Waals surface area contributed by atoms with Crippen LogP contribution in [-0.2, 0) is 20.1 Å². The number of phenolic OH excluding ortho intramolecular Hbond substituents is 4. The lowest BCUT2D eigenvalue weighted by molar-refractivity contribution is 0.401. The number of benzene rings is 2. The highest BCUT2D eigenvalue weighted by atomic mass is 32.2. The molecule has 0 amide bonds. The molecule has 7 N–H and O–H groups in total. The standard InChI is InChI=1S/C6H7NO4S.C6H6O5S/c7-12(10,11)4-1-2-5(8)6(9)3-4;7-5-2-1-4(3-6(5)8)12(9,10)11/h1-3,8-9H,(H2,7,10,11);1-3,7-8H,(H,9,10,11). The number of hydrogen-bond donors (Lipinski definition) is 6. The molecule has 24 heavy (non-hydrogen) atoms. The van der Waals surface area contributed by atoms with Gasteiger partial charge in [0.05, 0.1) is 9.79 Å². The van der Waals surface area contributed by atoms with Crippen molar-refractivity contribution in [1.82, 2.24) is 0 Å². The molecule has 0 aliphatic heterocycles. The molecule has 0 unspecified atom stereocenters. The Morgan fingerprint density at radius 3 is 1.38 bits per heavy atom. The molecule has 0 fully saturated rings. The molecule has 10 nitrogen and oxygen atoms in total. The second-order valence-corrected chi connectivity index (χ2v) is 7.30. The van der Waals surface area contributed by atoms with E-state index in [-0.39, 0.29) is 10.6 Å². The Hall–Kier alpha value is -2.54. The van der Waals surface area contributed by atoms with E-state index in [1.165, 1.54) is 0 Å². The Morgan fingerprint density at radius 2 is 1.04 bits per heavy atom. The summed E-state index contributed by atoms with van der Waals surface area (Å²) in [6, 6.07) is 5.73. The predicted octanol–water partition coefficient (Wildman–Crippen LogP) is 0.0897. The molecule has 0 aromatic heterocycles. The molecule has 0 heterocycles. The Bertz CT molecular complexity index is 873. The molecule has 0 bridgehead atoms. The van der Waals surface area contributed by atoms with Gasteiger partial charge in [-0.2, -0.15) is 8.42 Å². The van der Waals surface area contributed by atoms with Gasteiger partial charge in [0.15, 0.2) is 23.0 Å². The van der Waals surface area contributed by atoms with Crippen molar-refractivity contribution in [3.8, 4) is 23.0 Å². The van der Waals surface area contributed by atoms with Gasteiger partial charge in [0.2, 0.25) is 10.0 Å². The van der Waals surface area contributed by atoms with Crippen LogP contribution in [0.25, 0.3) is 0 Å². The summed E-state index contributed by atoms with van der Waals surface area (Å²) in [5, 5.41) is 40.1. The average Bonchev–Trinajstić information content (AvgIpc) is 2.43. The molecule has 0 spiro atoms. The normalized spacial score (nSPS) is 11.4. The third-order valence-corrected chi connectivity index (χ3v) is 4.28. The third kappa shape index (κ3) is 5.27. The van der Waals surface area contributed by atoms with Crippen LogP contribution in [0.4, 0.5) is 0 Å². The van der Waals surface area contributed by atoms with Crippen molar-refractivity contribution in [1.29, 1.82) is 0 Å². The van der Waals surface area contributed by atoms with Crippen molar-refractivity contribution in [2.24, 2.45) is 5.14 Å². The number of phenols is 4. The van der Waals surface area contributed by atoms with Gasteiger partial charge >= 0.3 is 0 Å². The molecule has 132 valence electrons. The van der Waals surface area contributed by atoms with E-state index >= 15 is 0 Å². The topological polar surface area (TPSA) is 195 Å². The zero-order chi connectivity index (χ0) is 18.7. The second kappa shape index (κ2) is 6.92. The van der Waals surface area contributed by atoms with Gasteiger partial charge in [0.1, 0.15) is 0 Å². The Morgan fingerprint density at radius 1 is 0.667 bits per heavy atom. The summed E-state index contributed by atoms with van der Waals surface area (Å²) in [7, 11) is -8.13. The van der Waals surface area contributed by atoms with Gasteiger partial charge in [-0.3, -0.25) is 4.55 Å². The van der Waals surface area contributed by atoms with Crippen LogP contribution in [0.3, 0.4) is 0 Å². The summed E-state index contributed by atoms with van der Waals surface area (Å²) in [6.45, 7) is 0. The number of aromatic hydroxyl groups is 4. The molecule has 0 aliphatic rings. The van der Waals surface area contributed by atoms with Crippen LogP contribution < -0.4 is 5.14 Å². The molecule has 0 radical (unpaired) electrons. The van der Waals surface area contributed by atoms with Crippen LogP contribution in [-0.4, -0.2) is 41.8 Å². The zero-order valence-corrected chi connectivity index (χ0v) is 13.4. The van der Waals surface area contributed by atoms with Gasteiger partial charge in [0.25, 0.3) is 10.1 Å². The van der Waals surface area contributed by atoms with Crippen molar-refractivity contribution in [2.75, 3.05) is 0 Å². The second-order valence-electron chi connectivity index (χ2n) is 4.32. The van der Waals surface area contributed by atoms with Crippen LogP contribution in [0.15, 0.2) is 46.2 Å². The number of nitrogens with two attached hydrogens (primary N) is 1. The van der Waals surface area contributed by atoms with Crippen LogP contribution in [0.1, 0.15) is 0 Å². The number of primary sulfonamides is 1. The van der Waals surface area contributed by atoms with Crippen molar-refractivity contribution in [2.45, 2.75) is 9.79 Å². The van der Waals surface area contributed by atoms with Crippen LogP contribution in [0, 0.1) is 0 Å². The minimum Gasteiger partial charge on any atom is -0.504 e. The fourth-order valence-corrected chi connectivity index (χ4v) is 2.38. The Labute approximate surface area is 136 Å². The first-order chi connectivity index (χ1) is 10.8. The molecule has 2 aromatic carbocycles. The SMILES string of the molecule is NS(=O)(=O)c1ccc(O)c(O)c1.O=S(=O)(O)c1ccc(O)c(O)c1. The maximum absolute atomic E-state index is 10.7. The van der Waals surface area contributed by atoms with Gasteiger partial charge < -0.3 is 20.4 Å². The lowest BCUT2D eigenvalue weighted by Gasteiger charge is -1.99. The van der Waals surface area contributed by atoms with E-state index in [9.17, 15) is 16.8 Å². The van der Waals surface area contributed by atoms with Gasteiger partial charge in [0, 0.05) is 12.1 Å². The van der Waals surface area contributed by atoms with E-state index < -0.39 is 42.3 Å². The molecule has 0 saturated heterocycles. The van der Waals surface area contributed by atoms with E-state index in [2.05, 4.69) is 0 Å². The fourth-order valence-electron chi connectivity index (χ4n) is 1.34. The van der Waals surface area contributed by atoms with Crippen LogP contribution in [0.5, 0.6) is 23.0 Å². The van der Waals surface area contributed by atoms with E-state index in [1.807, 2.05) is 0 Å². The molecule has 12 heteroatoms. The molecular formula is C12H13NO9S2. The van der Waals surface area contributed by atoms with Gasteiger partial charge in [-0.25, -0.2) is 13.6 Å². The van der Waals surface area contributed by atoms with Crippen molar-refractivity contribution in [3.05, 3.63) is 36.4 Å². The minimum absolute atomic E-state index is 0.238. The average molecular weight is 379 g/mol. The molecule has 2 aromatic rings. The van der Waals surface area contributed by atoms with Crippen molar-refractivity contribution >= 4 is 20.1 Å². The molecule has 0 atom stereocenters. The maximum atomic E-state index is 10.7. The van der Waals surface area contributed by atoms with Crippen molar-refractivity contribution in [3.63, 3.8) is 0 Å². The Balaban J connectivity index is 0.000000240. The monoisotopic (exact) mass is 379 g/mol. The smallest absolute Gasteiger partial charge is 0.294 e. The zero-order valence-electron chi connectivity index (χ0n) is 11.7. The predicted molar refractivity (Wildman–Crippen MR) is 80.7 cm³/mol. The molecule has 0 aliphatic carbocycles. The minimum atomic E-state index is -4.31. The number of sulfonamides is 1. The summed E-state index contributed by atoms with van der Waals surface area (Å²) in [4.78, 5) is -0.699. The highest BCUT2D eigenvalue weighted by Gasteiger charge is 2.11. The summed E-state index contributed by atoms with van der Waals surface area (Å²) < 4.78 is 50.8. The third-order valence-electron chi connectivity index (χ3n) is 2.52. The van der Waals surface area contributed by atoms with E-state index in [4.69, 9.17) is 30.1 Å². The fraction of sp³-hybridized carbons (Fsp3) is 0. The van der Waals surface area contributed by atoms with Gasteiger partial charge in [-0.05, 0) is 24.3 Å². The first-order valence-electron chi connectivity index (χ1n) is 5.86. The van der Waals surface area contributed by atoms with Crippen LogP contribution in [0.2, 0.25) is 0 Å². The van der Waals surface area contributed by atoms with Gasteiger partial charge in [-0.15, -0.1) is 0 Å². The van der Waals surface area contributed by atoms with Crippen LogP contribution >= 0.6 is 0 Å². The first kappa shape index (κ1) is 19.5. The van der Waals surface area contributed by atoms with E-state index in [1.54, 1.807) is 0 Å². The Kier molecular flexibility index (Phi) is 5.62. The number of hydrogen-bond acceptors (Lipinski definition) is 8. The summed E-state index contributed by atoms with van der Waals surface area (Å²) in [5.41, 5.74) is 0. The highest BCUT2D eigenvalue weighted by molar-refractivity contribution is 7.89. The summed E-state index contributed by atoms with van der Waals surface area (Å²) in [6.07, 6.45) is 0. The summed E-state index contributed by atoms with van der Waals surface area (Å²) in [5.74, 6) is -1.93. The van der Waals surface area contributed by atoms with Crippen molar-refractivity contribution < 1.29 is 41.8 Å². The lowest BCUT2D eigenvalue weighted by Crippen LogP contribution is -2.11. The lowest BCUT2D eigenvalue weighted by atomic mass is 10.3. The molecule has 2 rings (SSSR count). The first-order valence-corrected chi connectivity index (χ1v) is 8.85. The van der Waals surface area contributed by atoms with Gasteiger partial charge in [-0.1, -0.05) is 0 Å². The quantitative estimate of drug-likeness (QED) is 0.309. The molecule has 0 saturated carbocycles. The van der Waals surface area contributed by atoms with E-state index in [0.717, 1.165) is 36.4 Å². The molecular weight excluding hydrogens is 366 g/mol.